The fourth-order valence-corrected chi connectivity index (χ4v) is 3.28. The van der Waals surface area contributed by atoms with Crippen molar-refractivity contribution in [3.63, 3.8) is 0 Å². The van der Waals surface area contributed by atoms with Crippen molar-refractivity contribution in [2.75, 3.05) is 32.8 Å². The predicted octanol–water partition coefficient (Wildman–Crippen LogP) is 1.86. The Labute approximate surface area is 98.1 Å². The molecule has 0 amide bonds. The van der Waals surface area contributed by atoms with Crippen LogP contribution in [0.5, 0.6) is 0 Å². The number of rotatable bonds is 4. The van der Waals surface area contributed by atoms with Gasteiger partial charge in [0, 0.05) is 26.1 Å². The molecule has 0 spiro atoms. The molecule has 2 rings (SSSR count). The van der Waals surface area contributed by atoms with Crippen LogP contribution in [0.25, 0.3) is 0 Å². The van der Waals surface area contributed by atoms with Gasteiger partial charge >= 0.3 is 0 Å². The van der Waals surface area contributed by atoms with Gasteiger partial charge < -0.3 is 9.53 Å². The smallest absolute Gasteiger partial charge is 0.130 e. The number of morpholine rings is 1. The van der Waals surface area contributed by atoms with Crippen LogP contribution in [0.3, 0.4) is 0 Å². The van der Waals surface area contributed by atoms with Crippen molar-refractivity contribution < 1.29 is 9.53 Å². The van der Waals surface area contributed by atoms with Crippen LogP contribution in [0.1, 0.15) is 39.0 Å². The van der Waals surface area contributed by atoms with Gasteiger partial charge in [0.25, 0.3) is 0 Å². The number of hydrogen-bond donors (Lipinski definition) is 0. The number of carbonyl (C=O) groups excluding carboxylic acids is 1. The van der Waals surface area contributed by atoms with Gasteiger partial charge in [-0.1, -0.05) is 12.8 Å². The standard InChI is InChI=1S/C13H23NO2/c1-12(15)10-13(4-2-3-5-13)11-14-6-8-16-9-7-14/h2-11H2,1H3. The minimum Gasteiger partial charge on any atom is -0.379 e. The van der Waals surface area contributed by atoms with Crippen LogP contribution in [-0.4, -0.2) is 43.5 Å². The zero-order valence-electron chi connectivity index (χ0n) is 10.3. The van der Waals surface area contributed by atoms with Crippen molar-refractivity contribution in [1.82, 2.24) is 4.90 Å². The first-order chi connectivity index (χ1) is 7.70. The molecule has 3 nitrogen and oxygen atoms in total. The highest BCUT2D eigenvalue weighted by atomic mass is 16.5. The number of carbonyl (C=O) groups is 1. The number of hydrogen-bond acceptors (Lipinski definition) is 3. The summed E-state index contributed by atoms with van der Waals surface area (Å²) in [5.74, 6) is 0.357. The molecule has 0 N–H and O–H groups in total. The third-order valence-corrected chi connectivity index (χ3v) is 3.95. The van der Waals surface area contributed by atoms with E-state index in [0.717, 1.165) is 39.3 Å². The Morgan fingerprint density at radius 3 is 2.44 bits per heavy atom. The lowest BCUT2D eigenvalue weighted by Crippen LogP contribution is -2.43. The summed E-state index contributed by atoms with van der Waals surface area (Å²) in [5, 5.41) is 0. The van der Waals surface area contributed by atoms with Crippen LogP contribution >= 0.6 is 0 Å². The molecular formula is C13H23NO2. The van der Waals surface area contributed by atoms with Gasteiger partial charge in [-0.25, -0.2) is 0 Å². The molecule has 2 aliphatic rings. The second kappa shape index (κ2) is 5.28. The normalized spacial score (nSPS) is 25.8. The maximum absolute atomic E-state index is 11.4. The first kappa shape index (κ1) is 12.1. The van der Waals surface area contributed by atoms with Crippen molar-refractivity contribution in [2.45, 2.75) is 39.0 Å². The van der Waals surface area contributed by atoms with Crippen LogP contribution in [0.4, 0.5) is 0 Å². The molecule has 0 atom stereocenters. The summed E-state index contributed by atoms with van der Waals surface area (Å²) in [5.41, 5.74) is 0.295. The van der Waals surface area contributed by atoms with Crippen LogP contribution in [-0.2, 0) is 9.53 Å². The van der Waals surface area contributed by atoms with E-state index >= 15 is 0 Å². The molecule has 16 heavy (non-hydrogen) atoms. The molecule has 0 radical (unpaired) electrons. The molecule has 0 bridgehead atoms. The highest BCUT2D eigenvalue weighted by molar-refractivity contribution is 5.76. The first-order valence-corrected chi connectivity index (χ1v) is 6.50. The molecule has 0 unspecified atom stereocenters. The van der Waals surface area contributed by atoms with Gasteiger partial charge in [-0.15, -0.1) is 0 Å². The summed E-state index contributed by atoms with van der Waals surface area (Å²) in [4.78, 5) is 13.9. The molecule has 0 aromatic heterocycles. The molecule has 1 heterocycles. The van der Waals surface area contributed by atoms with Crippen molar-refractivity contribution >= 4 is 5.78 Å². The van der Waals surface area contributed by atoms with Gasteiger partial charge in [0.15, 0.2) is 0 Å². The molecule has 1 aliphatic heterocycles. The van der Waals surface area contributed by atoms with E-state index in [-0.39, 0.29) is 0 Å². The number of ketones is 1. The summed E-state index contributed by atoms with van der Waals surface area (Å²) in [6, 6.07) is 0. The Kier molecular flexibility index (Phi) is 3.98. The topological polar surface area (TPSA) is 29.5 Å². The van der Waals surface area contributed by atoms with Gasteiger partial charge in [0.05, 0.1) is 13.2 Å². The Hall–Kier alpha value is -0.410. The fourth-order valence-electron chi connectivity index (χ4n) is 3.28. The zero-order chi connectivity index (χ0) is 11.4. The van der Waals surface area contributed by atoms with E-state index in [0.29, 0.717) is 11.2 Å². The SMILES string of the molecule is CC(=O)CC1(CN2CCOCC2)CCCC1. The lowest BCUT2D eigenvalue weighted by Gasteiger charge is -2.36. The van der Waals surface area contributed by atoms with Crippen molar-refractivity contribution in [3.05, 3.63) is 0 Å². The molecule has 92 valence electrons. The van der Waals surface area contributed by atoms with Gasteiger partial charge in [0.1, 0.15) is 5.78 Å². The van der Waals surface area contributed by atoms with Crippen LogP contribution in [0.15, 0.2) is 0 Å². The first-order valence-electron chi connectivity index (χ1n) is 6.50. The summed E-state index contributed by atoms with van der Waals surface area (Å²) in [6.07, 6.45) is 5.87. The highest BCUT2D eigenvalue weighted by Crippen LogP contribution is 2.42. The molecule has 1 aliphatic carbocycles. The fraction of sp³-hybridized carbons (Fsp3) is 0.923. The van der Waals surface area contributed by atoms with E-state index in [1.807, 2.05) is 0 Å². The monoisotopic (exact) mass is 225 g/mol. The third-order valence-electron chi connectivity index (χ3n) is 3.95. The summed E-state index contributed by atoms with van der Waals surface area (Å²) in [6.45, 7) is 6.64. The maximum Gasteiger partial charge on any atom is 0.130 e. The van der Waals surface area contributed by atoms with Gasteiger partial charge in [-0.3, -0.25) is 4.90 Å². The van der Waals surface area contributed by atoms with Crippen LogP contribution in [0, 0.1) is 5.41 Å². The molecule has 2 fully saturated rings. The average Bonchev–Trinajstić information content (AvgIpc) is 2.66. The van der Waals surface area contributed by atoms with Gasteiger partial charge in [-0.2, -0.15) is 0 Å². The largest absolute Gasteiger partial charge is 0.379 e. The quantitative estimate of drug-likeness (QED) is 0.731. The van der Waals surface area contributed by atoms with E-state index in [1.54, 1.807) is 6.92 Å². The lowest BCUT2D eigenvalue weighted by atomic mass is 9.80. The number of nitrogens with zero attached hydrogens (tertiary/aromatic N) is 1. The van der Waals surface area contributed by atoms with E-state index < -0.39 is 0 Å². The Morgan fingerprint density at radius 1 is 1.25 bits per heavy atom. The second-order valence-electron chi connectivity index (χ2n) is 5.47. The minimum atomic E-state index is 0.295. The maximum atomic E-state index is 11.4. The second-order valence-corrected chi connectivity index (χ2v) is 5.47. The average molecular weight is 225 g/mol. The van der Waals surface area contributed by atoms with Crippen molar-refractivity contribution in [2.24, 2.45) is 5.41 Å². The highest BCUT2D eigenvalue weighted by Gasteiger charge is 2.36. The molecule has 3 heteroatoms. The zero-order valence-corrected chi connectivity index (χ0v) is 10.3. The van der Waals surface area contributed by atoms with Crippen molar-refractivity contribution in [3.8, 4) is 0 Å². The van der Waals surface area contributed by atoms with Gasteiger partial charge in [0.2, 0.25) is 0 Å². The summed E-state index contributed by atoms with van der Waals surface area (Å²) >= 11 is 0. The Morgan fingerprint density at radius 2 is 1.88 bits per heavy atom. The molecular weight excluding hydrogens is 202 g/mol. The van der Waals surface area contributed by atoms with Gasteiger partial charge in [-0.05, 0) is 25.2 Å². The Balaban J connectivity index is 1.93. The third kappa shape index (κ3) is 3.05. The number of Topliss-reactive ketones (excluding diaryl/α,β-unsaturated/α-hetero) is 1. The molecule has 0 aromatic rings. The van der Waals surface area contributed by atoms with Crippen LogP contribution in [0.2, 0.25) is 0 Å². The van der Waals surface area contributed by atoms with Crippen molar-refractivity contribution in [1.29, 1.82) is 0 Å². The summed E-state index contributed by atoms with van der Waals surface area (Å²) in [7, 11) is 0. The number of ether oxygens (including phenoxy) is 1. The summed E-state index contributed by atoms with van der Waals surface area (Å²) < 4.78 is 5.37. The lowest BCUT2D eigenvalue weighted by molar-refractivity contribution is -0.119. The van der Waals surface area contributed by atoms with E-state index in [1.165, 1.54) is 25.7 Å². The van der Waals surface area contributed by atoms with E-state index in [9.17, 15) is 4.79 Å². The van der Waals surface area contributed by atoms with E-state index in [2.05, 4.69) is 4.90 Å². The van der Waals surface area contributed by atoms with Crippen LogP contribution < -0.4 is 0 Å². The molecule has 1 saturated heterocycles. The molecule has 1 saturated carbocycles. The Bertz CT molecular complexity index is 240. The predicted molar refractivity (Wildman–Crippen MR) is 63.5 cm³/mol. The minimum absolute atomic E-state index is 0.295. The molecule has 0 aromatic carbocycles. The van der Waals surface area contributed by atoms with E-state index in [4.69, 9.17) is 4.74 Å².